The number of anilines is 1. The molecule has 3 amide bonds. The average molecular weight is 861 g/mol. The van der Waals surface area contributed by atoms with E-state index < -0.39 is 53.0 Å². The van der Waals surface area contributed by atoms with Crippen LogP contribution in [-0.4, -0.2) is 135 Å². The van der Waals surface area contributed by atoms with Crippen molar-refractivity contribution in [1.82, 2.24) is 35.2 Å². The maximum atomic E-state index is 14.8. The third-order valence-corrected chi connectivity index (χ3v) is 12.5. The summed E-state index contributed by atoms with van der Waals surface area (Å²) in [5.74, 6) is 0.266. The summed E-state index contributed by atoms with van der Waals surface area (Å²) in [6.45, 7) is 17.9. The SMILES string of the molecule is CCC1C[C@]1(NC(=O)C1C[C@@H](Oc2cc(-n3ccc(NC(C)C)n3)nc3cc(OCCN4CCOCC4)ccc23)CN1C(=O)[C@@H](NC(=O)OC1CC[C@H](C)C1)C(C)(C)C)C(=O)O. The molecular formula is C45H64N8O9. The van der Waals surface area contributed by atoms with E-state index in [1.54, 1.807) is 16.9 Å². The van der Waals surface area contributed by atoms with Crippen LogP contribution >= 0.6 is 0 Å². The number of morpholine rings is 1. The Bertz CT molecular complexity index is 2100. The number of benzene rings is 1. The van der Waals surface area contributed by atoms with Gasteiger partial charge in [0.15, 0.2) is 5.82 Å². The molecule has 338 valence electrons. The summed E-state index contributed by atoms with van der Waals surface area (Å²) in [7, 11) is 0. The lowest BCUT2D eigenvalue weighted by Crippen LogP contribution is -2.59. The molecule has 7 rings (SSSR count). The Morgan fingerprint density at radius 3 is 2.48 bits per heavy atom. The molecule has 2 aliphatic carbocycles. The average Bonchev–Trinajstić information content (AvgIpc) is 3.53. The summed E-state index contributed by atoms with van der Waals surface area (Å²) in [5.41, 5.74) is -1.60. The third-order valence-electron chi connectivity index (χ3n) is 12.5. The highest BCUT2D eigenvalue weighted by atomic mass is 16.6. The number of nitrogens with zero attached hydrogens (tertiary/aromatic N) is 5. The number of hydrogen-bond donors (Lipinski definition) is 4. The number of pyridine rings is 1. The minimum Gasteiger partial charge on any atom is -0.492 e. The number of nitrogens with one attached hydrogen (secondary N) is 3. The number of hydrogen-bond acceptors (Lipinski definition) is 12. The summed E-state index contributed by atoms with van der Waals surface area (Å²) in [6, 6.07) is 7.25. The van der Waals surface area contributed by atoms with Gasteiger partial charge in [0.2, 0.25) is 11.8 Å². The Hall–Kier alpha value is -5.16. The van der Waals surface area contributed by atoms with Crippen LogP contribution in [0.4, 0.5) is 10.6 Å². The van der Waals surface area contributed by atoms with Gasteiger partial charge in [0, 0.05) is 61.9 Å². The van der Waals surface area contributed by atoms with Gasteiger partial charge < -0.3 is 44.9 Å². The van der Waals surface area contributed by atoms with Gasteiger partial charge in [-0.2, -0.15) is 0 Å². The van der Waals surface area contributed by atoms with E-state index in [1.165, 1.54) is 4.90 Å². The van der Waals surface area contributed by atoms with Crippen LogP contribution in [-0.2, 0) is 23.9 Å². The van der Waals surface area contributed by atoms with Crippen molar-refractivity contribution < 1.29 is 43.2 Å². The van der Waals surface area contributed by atoms with E-state index in [4.69, 9.17) is 29.0 Å². The minimum atomic E-state index is -1.41. The summed E-state index contributed by atoms with van der Waals surface area (Å²) in [4.78, 5) is 63.6. The highest BCUT2D eigenvalue weighted by Crippen LogP contribution is 2.46. The van der Waals surface area contributed by atoms with Crippen molar-refractivity contribution >= 4 is 40.6 Å². The van der Waals surface area contributed by atoms with Crippen LogP contribution in [0.5, 0.6) is 11.5 Å². The number of aromatic nitrogens is 3. The summed E-state index contributed by atoms with van der Waals surface area (Å²) in [5, 5.41) is 24.6. The second kappa shape index (κ2) is 18.7. The van der Waals surface area contributed by atoms with E-state index in [0.29, 0.717) is 72.6 Å². The van der Waals surface area contributed by atoms with Crippen LogP contribution < -0.4 is 25.4 Å². The highest BCUT2D eigenvalue weighted by molar-refractivity contribution is 5.96. The Morgan fingerprint density at radius 2 is 1.82 bits per heavy atom. The zero-order valence-corrected chi connectivity index (χ0v) is 37.1. The van der Waals surface area contributed by atoms with Crippen molar-refractivity contribution in [2.75, 3.05) is 51.3 Å². The number of amides is 3. The molecule has 2 saturated heterocycles. The molecular weight excluding hydrogens is 797 g/mol. The zero-order chi connectivity index (χ0) is 44.3. The first-order valence-electron chi connectivity index (χ1n) is 22.2. The van der Waals surface area contributed by atoms with Gasteiger partial charge in [0.1, 0.15) is 53.8 Å². The maximum Gasteiger partial charge on any atom is 0.408 e. The number of likely N-dealkylation sites (tertiary alicyclic amines) is 1. The van der Waals surface area contributed by atoms with Crippen LogP contribution in [0.1, 0.15) is 87.0 Å². The normalized spacial score (nSPS) is 25.7. The van der Waals surface area contributed by atoms with Gasteiger partial charge in [0.05, 0.1) is 25.3 Å². The summed E-state index contributed by atoms with van der Waals surface area (Å²) in [6.07, 6.45) is 3.58. The third kappa shape index (κ3) is 10.4. The lowest BCUT2D eigenvalue weighted by molar-refractivity contribution is -0.146. The lowest BCUT2D eigenvalue weighted by atomic mass is 9.85. The number of carbonyl (C=O) groups excluding carboxylic acids is 3. The van der Waals surface area contributed by atoms with Gasteiger partial charge in [-0.3, -0.25) is 14.5 Å². The van der Waals surface area contributed by atoms with E-state index in [1.807, 2.05) is 65.8 Å². The fraction of sp³-hybridized carbons (Fsp3) is 0.644. The molecule has 3 aromatic rings. The molecule has 1 aromatic carbocycles. The number of carboxylic acid groups (broad SMARTS) is 1. The molecule has 2 aliphatic heterocycles. The first-order valence-corrected chi connectivity index (χ1v) is 22.2. The molecule has 0 spiro atoms. The molecule has 3 unspecified atom stereocenters. The zero-order valence-electron chi connectivity index (χ0n) is 37.1. The molecule has 4 aliphatic rings. The van der Waals surface area contributed by atoms with Gasteiger partial charge in [-0.05, 0) is 68.9 Å². The number of fused-ring (bicyclic) bond motifs is 1. The van der Waals surface area contributed by atoms with Crippen LogP contribution in [0, 0.1) is 17.3 Å². The Morgan fingerprint density at radius 1 is 1.05 bits per heavy atom. The summed E-state index contributed by atoms with van der Waals surface area (Å²) >= 11 is 0. The largest absolute Gasteiger partial charge is 0.492 e. The predicted octanol–water partition coefficient (Wildman–Crippen LogP) is 5.00. The van der Waals surface area contributed by atoms with Gasteiger partial charge in [-0.25, -0.2) is 19.3 Å². The quantitative estimate of drug-likeness (QED) is 0.150. The second-order valence-corrected chi connectivity index (χ2v) is 18.9. The molecule has 4 N–H and O–H groups in total. The van der Waals surface area contributed by atoms with E-state index in [0.717, 1.165) is 38.9 Å². The van der Waals surface area contributed by atoms with Gasteiger partial charge >= 0.3 is 12.1 Å². The first kappa shape index (κ1) is 44.9. The van der Waals surface area contributed by atoms with Crippen LogP contribution in [0.25, 0.3) is 16.7 Å². The smallest absolute Gasteiger partial charge is 0.408 e. The second-order valence-electron chi connectivity index (χ2n) is 18.9. The van der Waals surface area contributed by atoms with Crippen molar-refractivity contribution in [2.24, 2.45) is 17.3 Å². The number of ether oxygens (including phenoxy) is 4. The number of carbonyl (C=O) groups is 4. The molecule has 2 aromatic heterocycles. The highest BCUT2D eigenvalue weighted by Gasteiger charge is 2.61. The van der Waals surface area contributed by atoms with Crippen molar-refractivity contribution in [3.8, 4) is 17.3 Å². The molecule has 17 nitrogen and oxygen atoms in total. The van der Waals surface area contributed by atoms with Crippen molar-refractivity contribution in [1.29, 1.82) is 0 Å². The lowest BCUT2D eigenvalue weighted by Gasteiger charge is -2.35. The van der Waals surface area contributed by atoms with E-state index in [9.17, 15) is 24.3 Å². The number of carboxylic acids is 1. The van der Waals surface area contributed by atoms with E-state index in [2.05, 4.69) is 27.8 Å². The summed E-state index contributed by atoms with van der Waals surface area (Å²) < 4.78 is 25.9. The molecule has 4 fully saturated rings. The molecule has 62 heavy (non-hydrogen) atoms. The molecule has 0 bridgehead atoms. The Balaban J connectivity index is 1.18. The predicted molar refractivity (Wildman–Crippen MR) is 231 cm³/mol. The molecule has 0 radical (unpaired) electrons. The van der Waals surface area contributed by atoms with Crippen molar-refractivity contribution in [2.45, 2.75) is 123 Å². The van der Waals surface area contributed by atoms with Crippen molar-refractivity contribution in [3.05, 3.63) is 36.5 Å². The fourth-order valence-electron chi connectivity index (χ4n) is 8.94. The standard InChI is InChI=1S/C45H64N8O9/c1-8-29-25-45(29,42(56)57)49-40(54)35-23-32(26-52(35)41(55)39(44(5,6)7)48-43(58)62-31-10-9-28(4)21-31)61-36-24-38(53-14-13-37(50-53)46-27(2)3)47-34-22-30(11-12-33(34)36)60-20-17-51-15-18-59-19-16-51/h11-14,22,24,27-29,31-32,35,39H,8-10,15-21,23,25-26H2,1-7H3,(H,46,50)(H,48,58)(H,49,54)(H,56,57)/t28-,29?,31?,32+,35?,39+,45+/m0/s1. The number of alkyl carbamates (subject to hydrolysis) is 1. The number of aliphatic carboxylic acids is 1. The fourth-order valence-corrected chi connectivity index (χ4v) is 8.94. The monoisotopic (exact) mass is 860 g/mol. The topological polar surface area (TPSA) is 199 Å². The van der Waals surface area contributed by atoms with Crippen molar-refractivity contribution in [3.63, 3.8) is 0 Å². The Kier molecular flexibility index (Phi) is 13.5. The van der Waals surface area contributed by atoms with Crippen LogP contribution in [0.15, 0.2) is 36.5 Å². The molecule has 7 atom stereocenters. The van der Waals surface area contributed by atoms with Gasteiger partial charge in [-0.1, -0.05) is 41.0 Å². The molecule has 4 heterocycles. The first-order chi connectivity index (χ1) is 29.5. The number of rotatable bonds is 16. The van der Waals surface area contributed by atoms with E-state index >= 15 is 0 Å². The molecule has 17 heteroatoms. The van der Waals surface area contributed by atoms with Crippen LogP contribution in [0.2, 0.25) is 0 Å². The van der Waals surface area contributed by atoms with Gasteiger partial charge in [0.25, 0.3) is 0 Å². The molecule has 2 saturated carbocycles. The maximum absolute atomic E-state index is 14.8. The van der Waals surface area contributed by atoms with Gasteiger partial charge in [-0.15, -0.1) is 5.10 Å². The van der Waals surface area contributed by atoms with Crippen LogP contribution in [0.3, 0.4) is 0 Å². The van der Waals surface area contributed by atoms with E-state index in [-0.39, 0.29) is 31.0 Å². The minimum absolute atomic E-state index is 0.0102. The Labute approximate surface area is 363 Å².